The van der Waals surface area contributed by atoms with E-state index in [1.54, 1.807) is 27.8 Å². The second kappa shape index (κ2) is 5.82. The third kappa shape index (κ3) is 4.84. The first-order valence-electron chi connectivity index (χ1n) is 6.16. The molecule has 0 radical (unpaired) electrons. The fourth-order valence-corrected chi connectivity index (χ4v) is 1.69. The van der Waals surface area contributed by atoms with Crippen molar-refractivity contribution in [2.75, 3.05) is 30.4 Å². The van der Waals surface area contributed by atoms with Crippen molar-refractivity contribution in [3.05, 3.63) is 11.9 Å². The van der Waals surface area contributed by atoms with Crippen LogP contribution in [0.25, 0.3) is 0 Å². The predicted octanol–water partition coefficient (Wildman–Crippen LogP) is 2.13. The van der Waals surface area contributed by atoms with Crippen LogP contribution in [0, 0.1) is 0 Å². The molecule has 1 rings (SSSR count). The molecule has 5 nitrogen and oxygen atoms in total. The smallest absolute Gasteiger partial charge is 0.389 e. The molecule has 8 heteroatoms. The first-order valence-corrected chi connectivity index (χ1v) is 6.16. The van der Waals surface area contributed by atoms with Crippen LogP contribution in [0.15, 0.2) is 6.07 Å². The Morgan fingerprint density at radius 1 is 1.30 bits per heavy atom. The number of hydrogen-bond donors (Lipinski definition) is 2. The van der Waals surface area contributed by atoms with E-state index in [2.05, 4.69) is 15.3 Å². The zero-order chi connectivity index (χ0) is 15.6. The molecule has 0 aliphatic carbocycles. The molecule has 20 heavy (non-hydrogen) atoms. The fraction of sp³-hybridized carbons (Fsp3) is 0.667. The van der Waals surface area contributed by atoms with E-state index in [0.717, 1.165) is 0 Å². The van der Waals surface area contributed by atoms with E-state index in [4.69, 9.17) is 0 Å². The molecule has 0 atom stereocenters. The number of alkyl halides is 3. The van der Waals surface area contributed by atoms with Gasteiger partial charge in [0.15, 0.2) is 0 Å². The van der Waals surface area contributed by atoms with Crippen LogP contribution in [0.1, 0.15) is 26.6 Å². The summed E-state index contributed by atoms with van der Waals surface area (Å²) in [6.45, 7) is 5.49. The monoisotopic (exact) mass is 292 g/mol. The average molecular weight is 292 g/mol. The van der Waals surface area contributed by atoms with Gasteiger partial charge in [0.25, 0.3) is 0 Å². The summed E-state index contributed by atoms with van der Waals surface area (Å²) in [7, 11) is 1.57. The van der Waals surface area contributed by atoms with Crippen LogP contribution in [0.5, 0.6) is 0 Å². The molecule has 0 saturated heterocycles. The van der Waals surface area contributed by atoms with Crippen molar-refractivity contribution >= 4 is 11.6 Å². The standard InChI is InChI=1S/C12H19F3N4O/c1-5-16-8-6-9(19(4)7-11(2,3)20)18-10(17-8)12(13,14)15/h6,20H,5,7H2,1-4H3,(H,16,17,18). The fourth-order valence-electron chi connectivity index (χ4n) is 1.69. The summed E-state index contributed by atoms with van der Waals surface area (Å²) in [6.07, 6.45) is -4.62. The summed E-state index contributed by atoms with van der Waals surface area (Å²) < 4.78 is 38.3. The average Bonchev–Trinajstić information content (AvgIpc) is 2.25. The highest BCUT2D eigenvalue weighted by molar-refractivity contribution is 5.49. The number of nitrogens with one attached hydrogen (secondary N) is 1. The van der Waals surface area contributed by atoms with Gasteiger partial charge in [-0.2, -0.15) is 13.2 Å². The molecule has 1 aromatic heterocycles. The summed E-state index contributed by atoms with van der Waals surface area (Å²) in [6, 6.07) is 1.42. The van der Waals surface area contributed by atoms with E-state index >= 15 is 0 Å². The maximum atomic E-state index is 12.8. The maximum Gasteiger partial charge on any atom is 0.451 e. The molecular formula is C12H19F3N4O. The van der Waals surface area contributed by atoms with Gasteiger partial charge < -0.3 is 15.3 Å². The van der Waals surface area contributed by atoms with Gasteiger partial charge in [-0.1, -0.05) is 0 Å². The summed E-state index contributed by atoms with van der Waals surface area (Å²) in [5.41, 5.74) is -1.05. The summed E-state index contributed by atoms with van der Waals surface area (Å²) in [5.74, 6) is -0.994. The van der Waals surface area contributed by atoms with Gasteiger partial charge in [-0.15, -0.1) is 0 Å². The Bertz CT molecular complexity index is 457. The molecule has 0 saturated carbocycles. The number of hydrogen-bond acceptors (Lipinski definition) is 5. The summed E-state index contributed by atoms with van der Waals surface area (Å²) >= 11 is 0. The maximum absolute atomic E-state index is 12.8. The lowest BCUT2D eigenvalue weighted by Gasteiger charge is -2.27. The molecule has 0 aromatic carbocycles. The van der Waals surface area contributed by atoms with Gasteiger partial charge in [0, 0.05) is 26.2 Å². The topological polar surface area (TPSA) is 61.3 Å². The minimum Gasteiger partial charge on any atom is -0.389 e. The second-order valence-electron chi connectivity index (χ2n) is 5.13. The van der Waals surface area contributed by atoms with Crippen molar-refractivity contribution < 1.29 is 18.3 Å². The van der Waals surface area contributed by atoms with Crippen LogP contribution in [0.2, 0.25) is 0 Å². The van der Waals surface area contributed by atoms with Gasteiger partial charge in [-0.3, -0.25) is 0 Å². The van der Waals surface area contributed by atoms with Gasteiger partial charge >= 0.3 is 6.18 Å². The zero-order valence-electron chi connectivity index (χ0n) is 11.9. The largest absolute Gasteiger partial charge is 0.451 e. The van der Waals surface area contributed by atoms with E-state index in [1.165, 1.54) is 11.0 Å². The molecule has 1 heterocycles. The Balaban J connectivity index is 3.15. The highest BCUT2D eigenvalue weighted by Gasteiger charge is 2.36. The number of likely N-dealkylation sites (N-methyl/N-ethyl adjacent to an activating group) is 1. The van der Waals surface area contributed by atoms with Gasteiger partial charge in [0.05, 0.1) is 5.60 Å². The normalized spacial score (nSPS) is 12.4. The lowest BCUT2D eigenvalue weighted by molar-refractivity contribution is -0.144. The molecule has 0 aliphatic heterocycles. The molecule has 0 aliphatic rings. The number of nitrogens with zero attached hydrogens (tertiary/aromatic N) is 3. The Labute approximate surface area is 115 Å². The third-order valence-electron chi connectivity index (χ3n) is 2.34. The van der Waals surface area contributed by atoms with Gasteiger partial charge in [0.1, 0.15) is 11.6 Å². The SMILES string of the molecule is CCNc1cc(N(C)CC(C)(C)O)nc(C(F)(F)F)n1. The zero-order valence-corrected chi connectivity index (χ0v) is 11.9. The number of aliphatic hydroxyl groups is 1. The molecule has 0 fully saturated rings. The minimum absolute atomic E-state index is 0.102. The highest BCUT2D eigenvalue weighted by atomic mass is 19.4. The molecule has 0 bridgehead atoms. The predicted molar refractivity (Wildman–Crippen MR) is 70.8 cm³/mol. The quantitative estimate of drug-likeness (QED) is 0.870. The second-order valence-corrected chi connectivity index (χ2v) is 5.13. The van der Waals surface area contributed by atoms with Crippen LogP contribution in [0.4, 0.5) is 24.8 Å². The van der Waals surface area contributed by atoms with Crippen molar-refractivity contribution in [2.24, 2.45) is 0 Å². The van der Waals surface area contributed by atoms with Gasteiger partial charge in [-0.05, 0) is 20.8 Å². The Morgan fingerprint density at radius 3 is 2.35 bits per heavy atom. The van der Waals surface area contributed by atoms with Crippen LogP contribution < -0.4 is 10.2 Å². The lowest BCUT2D eigenvalue weighted by Crippen LogP contribution is -2.37. The molecule has 0 spiro atoms. The van der Waals surface area contributed by atoms with Gasteiger partial charge in [-0.25, -0.2) is 9.97 Å². The number of aromatic nitrogens is 2. The minimum atomic E-state index is -4.62. The molecule has 2 N–H and O–H groups in total. The number of anilines is 2. The van der Waals surface area contributed by atoms with Crippen LogP contribution in [0.3, 0.4) is 0 Å². The molecular weight excluding hydrogens is 273 g/mol. The Morgan fingerprint density at radius 2 is 1.90 bits per heavy atom. The van der Waals surface area contributed by atoms with Crippen molar-refractivity contribution in [3.8, 4) is 0 Å². The molecule has 0 amide bonds. The third-order valence-corrected chi connectivity index (χ3v) is 2.34. The number of rotatable bonds is 5. The number of halogens is 3. The van der Waals surface area contributed by atoms with Crippen LogP contribution in [-0.2, 0) is 6.18 Å². The first-order chi connectivity index (χ1) is 9.03. The van der Waals surface area contributed by atoms with E-state index in [0.29, 0.717) is 6.54 Å². The van der Waals surface area contributed by atoms with Gasteiger partial charge in [0.2, 0.25) is 5.82 Å². The Kier molecular flexibility index (Phi) is 4.80. The molecule has 1 aromatic rings. The summed E-state index contributed by atoms with van der Waals surface area (Å²) in [5, 5.41) is 12.5. The van der Waals surface area contributed by atoms with Crippen LogP contribution >= 0.6 is 0 Å². The highest BCUT2D eigenvalue weighted by Crippen LogP contribution is 2.29. The van der Waals surface area contributed by atoms with Crippen molar-refractivity contribution in [3.63, 3.8) is 0 Å². The van der Waals surface area contributed by atoms with E-state index < -0.39 is 17.6 Å². The first kappa shape index (κ1) is 16.5. The summed E-state index contributed by atoms with van der Waals surface area (Å²) in [4.78, 5) is 8.40. The van der Waals surface area contributed by atoms with Crippen molar-refractivity contribution in [2.45, 2.75) is 32.5 Å². The lowest BCUT2D eigenvalue weighted by atomic mass is 10.1. The van der Waals surface area contributed by atoms with E-state index in [9.17, 15) is 18.3 Å². The van der Waals surface area contributed by atoms with Crippen molar-refractivity contribution in [1.82, 2.24) is 9.97 Å². The van der Waals surface area contributed by atoms with E-state index in [-0.39, 0.29) is 18.2 Å². The Hall–Kier alpha value is -1.57. The molecule has 114 valence electrons. The van der Waals surface area contributed by atoms with Crippen LogP contribution in [-0.4, -0.2) is 40.8 Å². The van der Waals surface area contributed by atoms with E-state index in [1.807, 2.05) is 0 Å². The van der Waals surface area contributed by atoms with Crippen molar-refractivity contribution in [1.29, 1.82) is 0 Å². The molecule has 0 unspecified atom stereocenters.